The van der Waals surface area contributed by atoms with Crippen molar-refractivity contribution in [3.8, 4) is 5.75 Å². The minimum Gasteiger partial charge on any atom is -0.489 e. The molecule has 2 rings (SSSR count). The van der Waals surface area contributed by atoms with Crippen LogP contribution in [0.1, 0.15) is 15.9 Å². The van der Waals surface area contributed by atoms with Crippen molar-refractivity contribution in [2.75, 3.05) is 0 Å². The van der Waals surface area contributed by atoms with E-state index in [0.29, 0.717) is 0 Å². The molecule has 20 heavy (non-hydrogen) atoms. The Morgan fingerprint density at radius 1 is 1.00 bits per heavy atom. The molecular formula is C14H9F3O3. The number of hydrogen-bond donors (Lipinski definition) is 1. The van der Waals surface area contributed by atoms with Crippen LogP contribution in [0.2, 0.25) is 0 Å². The summed E-state index contributed by atoms with van der Waals surface area (Å²) in [6.07, 6.45) is 0. The minimum absolute atomic E-state index is 0.0469. The van der Waals surface area contributed by atoms with E-state index >= 15 is 0 Å². The van der Waals surface area contributed by atoms with Gasteiger partial charge in [0.2, 0.25) is 0 Å². The molecule has 2 aromatic carbocycles. The highest BCUT2D eigenvalue weighted by Gasteiger charge is 2.09. The number of carbonyl (C=O) groups is 1. The molecule has 0 atom stereocenters. The van der Waals surface area contributed by atoms with Crippen molar-refractivity contribution < 1.29 is 27.8 Å². The van der Waals surface area contributed by atoms with E-state index < -0.39 is 23.4 Å². The van der Waals surface area contributed by atoms with Crippen LogP contribution in [0.15, 0.2) is 36.4 Å². The average molecular weight is 282 g/mol. The van der Waals surface area contributed by atoms with Crippen LogP contribution in [-0.4, -0.2) is 11.1 Å². The fourth-order valence-electron chi connectivity index (χ4n) is 1.53. The van der Waals surface area contributed by atoms with E-state index in [0.717, 1.165) is 18.2 Å². The molecule has 1 N–H and O–H groups in total. The number of halogens is 3. The van der Waals surface area contributed by atoms with Crippen molar-refractivity contribution in [3.05, 3.63) is 65.0 Å². The number of benzene rings is 2. The van der Waals surface area contributed by atoms with Gasteiger partial charge in [0.15, 0.2) is 11.6 Å². The third-order valence-electron chi connectivity index (χ3n) is 2.59. The van der Waals surface area contributed by atoms with Crippen LogP contribution in [0.5, 0.6) is 5.75 Å². The Bertz CT molecular complexity index is 656. The molecule has 0 heterocycles. The summed E-state index contributed by atoms with van der Waals surface area (Å²) in [5.41, 5.74) is -0.0705. The summed E-state index contributed by atoms with van der Waals surface area (Å²) in [5.74, 6) is -4.01. The lowest BCUT2D eigenvalue weighted by Gasteiger charge is -2.08. The highest BCUT2D eigenvalue weighted by atomic mass is 19.2. The third-order valence-corrected chi connectivity index (χ3v) is 2.59. The zero-order valence-corrected chi connectivity index (χ0v) is 10.1. The Morgan fingerprint density at radius 2 is 1.75 bits per heavy atom. The lowest BCUT2D eigenvalue weighted by molar-refractivity contribution is 0.0696. The molecule has 104 valence electrons. The maximum absolute atomic E-state index is 13.6. The largest absolute Gasteiger partial charge is 0.489 e. The molecule has 3 nitrogen and oxygen atoms in total. The standard InChI is InChI=1S/C14H9F3O3/c15-11-4-3-10(6-13(11)17)20-7-9-2-1-8(14(18)19)5-12(9)16/h1-6H,7H2,(H,18,19). The first-order chi connectivity index (χ1) is 9.47. The van der Waals surface area contributed by atoms with Gasteiger partial charge in [0, 0.05) is 11.6 Å². The molecule has 0 aliphatic carbocycles. The van der Waals surface area contributed by atoms with Gasteiger partial charge in [-0.2, -0.15) is 0 Å². The number of ether oxygens (including phenoxy) is 1. The summed E-state index contributed by atoms with van der Waals surface area (Å²) in [6.45, 7) is -0.225. The predicted molar refractivity (Wildman–Crippen MR) is 64.0 cm³/mol. The van der Waals surface area contributed by atoms with Gasteiger partial charge in [-0.1, -0.05) is 6.07 Å². The van der Waals surface area contributed by atoms with Crippen LogP contribution in [0.3, 0.4) is 0 Å². The molecule has 2 aromatic rings. The topological polar surface area (TPSA) is 46.5 Å². The number of carboxylic acid groups (broad SMARTS) is 1. The summed E-state index contributed by atoms with van der Waals surface area (Å²) >= 11 is 0. The van der Waals surface area contributed by atoms with Crippen LogP contribution >= 0.6 is 0 Å². The van der Waals surface area contributed by atoms with Gasteiger partial charge >= 0.3 is 5.97 Å². The van der Waals surface area contributed by atoms with Crippen molar-refractivity contribution in [1.82, 2.24) is 0 Å². The highest BCUT2D eigenvalue weighted by Crippen LogP contribution is 2.18. The normalized spacial score (nSPS) is 10.3. The van der Waals surface area contributed by atoms with Gasteiger partial charge in [-0.3, -0.25) is 0 Å². The zero-order chi connectivity index (χ0) is 14.7. The fourth-order valence-corrected chi connectivity index (χ4v) is 1.53. The molecule has 0 saturated carbocycles. The number of aromatic carboxylic acids is 1. The summed E-state index contributed by atoms with van der Waals surface area (Å²) < 4.78 is 44.3. The Morgan fingerprint density at radius 3 is 2.35 bits per heavy atom. The first-order valence-electron chi connectivity index (χ1n) is 5.57. The third kappa shape index (κ3) is 3.09. The molecular weight excluding hydrogens is 273 g/mol. The molecule has 0 fully saturated rings. The second-order valence-corrected chi connectivity index (χ2v) is 3.98. The highest BCUT2D eigenvalue weighted by molar-refractivity contribution is 5.87. The van der Waals surface area contributed by atoms with E-state index in [1.165, 1.54) is 18.2 Å². The van der Waals surface area contributed by atoms with E-state index in [1.54, 1.807) is 0 Å². The summed E-state index contributed by atoms with van der Waals surface area (Å²) in [5, 5.41) is 8.69. The Hall–Kier alpha value is -2.50. The van der Waals surface area contributed by atoms with Crippen molar-refractivity contribution in [2.24, 2.45) is 0 Å². The molecule has 0 aromatic heterocycles. The fraction of sp³-hybridized carbons (Fsp3) is 0.0714. The first-order valence-corrected chi connectivity index (χ1v) is 5.57. The first kappa shape index (κ1) is 13.9. The number of rotatable bonds is 4. The van der Waals surface area contributed by atoms with E-state index in [2.05, 4.69) is 0 Å². The molecule has 0 aliphatic rings. The quantitative estimate of drug-likeness (QED) is 0.935. The van der Waals surface area contributed by atoms with Crippen LogP contribution in [0.4, 0.5) is 13.2 Å². The van der Waals surface area contributed by atoms with Crippen LogP contribution < -0.4 is 4.74 Å². The maximum Gasteiger partial charge on any atom is 0.335 e. The minimum atomic E-state index is -1.24. The monoisotopic (exact) mass is 282 g/mol. The van der Waals surface area contributed by atoms with Gasteiger partial charge in [-0.15, -0.1) is 0 Å². The summed E-state index contributed by atoms with van der Waals surface area (Å²) in [4.78, 5) is 10.6. The van der Waals surface area contributed by atoms with Crippen molar-refractivity contribution in [1.29, 1.82) is 0 Å². The zero-order valence-electron chi connectivity index (χ0n) is 10.1. The average Bonchev–Trinajstić information content (AvgIpc) is 2.41. The van der Waals surface area contributed by atoms with E-state index in [-0.39, 0.29) is 23.5 Å². The Labute approximate surface area is 112 Å². The molecule has 0 saturated heterocycles. The lowest BCUT2D eigenvalue weighted by atomic mass is 10.1. The molecule has 0 amide bonds. The second kappa shape index (κ2) is 5.64. The molecule has 0 radical (unpaired) electrons. The molecule has 0 aliphatic heterocycles. The van der Waals surface area contributed by atoms with Crippen LogP contribution in [0.25, 0.3) is 0 Å². The number of carboxylic acids is 1. The summed E-state index contributed by atoms with van der Waals surface area (Å²) in [6, 6.07) is 6.32. The van der Waals surface area contributed by atoms with Gasteiger partial charge in [0.25, 0.3) is 0 Å². The molecule has 0 bridgehead atoms. The molecule has 6 heteroatoms. The maximum atomic E-state index is 13.6. The molecule has 0 unspecified atom stereocenters. The lowest BCUT2D eigenvalue weighted by Crippen LogP contribution is -2.02. The molecule has 0 spiro atoms. The number of hydrogen-bond acceptors (Lipinski definition) is 2. The van der Waals surface area contributed by atoms with Gasteiger partial charge in [-0.25, -0.2) is 18.0 Å². The van der Waals surface area contributed by atoms with E-state index in [1.807, 2.05) is 0 Å². The van der Waals surface area contributed by atoms with E-state index in [9.17, 15) is 18.0 Å². The van der Waals surface area contributed by atoms with Crippen molar-refractivity contribution in [2.45, 2.75) is 6.61 Å². The smallest absolute Gasteiger partial charge is 0.335 e. The SMILES string of the molecule is O=C(O)c1ccc(COc2ccc(F)c(F)c2)c(F)c1. The van der Waals surface area contributed by atoms with Crippen molar-refractivity contribution in [3.63, 3.8) is 0 Å². The van der Waals surface area contributed by atoms with Crippen LogP contribution in [0, 0.1) is 17.5 Å². The van der Waals surface area contributed by atoms with Gasteiger partial charge in [0.1, 0.15) is 18.2 Å². The Balaban J connectivity index is 2.10. The second-order valence-electron chi connectivity index (χ2n) is 3.98. The van der Waals surface area contributed by atoms with Gasteiger partial charge in [0.05, 0.1) is 5.56 Å². The summed E-state index contributed by atoms with van der Waals surface area (Å²) in [7, 11) is 0. The predicted octanol–water partition coefficient (Wildman–Crippen LogP) is 3.38. The van der Waals surface area contributed by atoms with Crippen molar-refractivity contribution >= 4 is 5.97 Å². The van der Waals surface area contributed by atoms with Gasteiger partial charge in [-0.05, 0) is 24.3 Å². The van der Waals surface area contributed by atoms with Crippen LogP contribution in [-0.2, 0) is 6.61 Å². The van der Waals surface area contributed by atoms with E-state index in [4.69, 9.17) is 9.84 Å². The van der Waals surface area contributed by atoms with Gasteiger partial charge < -0.3 is 9.84 Å². The Kier molecular flexibility index (Phi) is 3.93.